The minimum Gasteiger partial charge on any atom is -0.309 e. The summed E-state index contributed by atoms with van der Waals surface area (Å²) in [5.41, 5.74) is -0.728. The summed E-state index contributed by atoms with van der Waals surface area (Å²) in [5.74, 6) is 0. The molecule has 0 spiro atoms. The van der Waals surface area contributed by atoms with E-state index in [1.807, 2.05) is 32.0 Å². The van der Waals surface area contributed by atoms with Gasteiger partial charge in [0.15, 0.2) is 0 Å². The van der Waals surface area contributed by atoms with Gasteiger partial charge >= 0.3 is 0 Å². The molecule has 0 amide bonds. The van der Waals surface area contributed by atoms with Crippen molar-refractivity contribution in [1.82, 2.24) is 4.90 Å². The molecule has 0 fully saturated rings. The summed E-state index contributed by atoms with van der Waals surface area (Å²) in [4.78, 5) is 1.97. The first-order chi connectivity index (χ1) is 6.90. The molecule has 0 saturated carbocycles. The van der Waals surface area contributed by atoms with Gasteiger partial charge in [-0.2, -0.15) is 0 Å². The molecule has 1 nitrogen and oxygen atoms in total. The van der Waals surface area contributed by atoms with Crippen LogP contribution in [0.25, 0.3) is 0 Å². The first-order valence-corrected chi connectivity index (χ1v) is 5.06. The van der Waals surface area contributed by atoms with E-state index < -0.39 is 5.67 Å². The Bertz CT molecular complexity index is 205. The summed E-state index contributed by atoms with van der Waals surface area (Å²) >= 11 is 0. The zero-order chi connectivity index (χ0) is 12.5. The van der Waals surface area contributed by atoms with Crippen LogP contribution in [0.15, 0.2) is 37.5 Å². The molecule has 0 aliphatic heterocycles. The van der Waals surface area contributed by atoms with Crippen molar-refractivity contribution in [3.63, 3.8) is 0 Å². The van der Waals surface area contributed by atoms with Gasteiger partial charge in [-0.15, -0.1) is 13.2 Å². The molecule has 0 radical (unpaired) electrons. The molecule has 0 rings (SSSR count). The quantitative estimate of drug-likeness (QED) is 0.498. The molecular formula is C13H24FN. The Hall–Kier alpha value is -0.890. The second kappa shape index (κ2) is 8.42. The maximum absolute atomic E-state index is 13.9. The lowest BCUT2D eigenvalue weighted by Gasteiger charge is -2.22. The average molecular weight is 213 g/mol. The van der Waals surface area contributed by atoms with E-state index in [2.05, 4.69) is 19.7 Å². The summed E-state index contributed by atoms with van der Waals surface area (Å²) in [5, 5.41) is 0. The van der Waals surface area contributed by atoms with Gasteiger partial charge in [0.2, 0.25) is 0 Å². The van der Waals surface area contributed by atoms with Crippen LogP contribution in [0.5, 0.6) is 0 Å². The number of allylic oxidation sites excluding steroid dienone is 3. The molecule has 2 heteroatoms. The van der Waals surface area contributed by atoms with Crippen molar-refractivity contribution in [3.8, 4) is 0 Å². The first kappa shape index (κ1) is 16.5. The Labute approximate surface area is 94.0 Å². The van der Waals surface area contributed by atoms with Gasteiger partial charge in [-0.3, -0.25) is 0 Å². The topological polar surface area (TPSA) is 3.24 Å². The fourth-order valence-corrected chi connectivity index (χ4v) is 0.969. The highest BCUT2D eigenvalue weighted by Gasteiger charge is 2.24. The Morgan fingerprint density at radius 3 is 2.20 bits per heavy atom. The predicted molar refractivity (Wildman–Crippen MR) is 67.9 cm³/mol. The number of hydrogen-bond donors (Lipinski definition) is 0. The maximum atomic E-state index is 13.9. The van der Waals surface area contributed by atoms with E-state index in [1.54, 1.807) is 13.0 Å². The third-order valence-corrected chi connectivity index (χ3v) is 2.07. The molecule has 0 N–H and O–H groups in total. The smallest absolute Gasteiger partial charge is 0.133 e. The summed E-state index contributed by atoms with van der Waals surface area (Å²) < 4.78 is 13.9. The highest BCUT2D eigenvalue weighted by Crippen LogP contribution is 2.25. The number of hydrogen-bond acceptors (Lipinski definition) is 1. The molecule has 88 valence electrons. The zero-order valence-corrected chi connectivity index (χ0v) is 10.5. The molecule has 1 atom stereocenters. The molecule has 15 heavy (non-hydrogen) atoms. The van der Waals surface area contributed by atoms with Crippen LogP contribution in [0.1, 0.15) is 20.3 Å². The molecule has 0 aromatic heterocycles. The van der Waals surface area contributed by atoms with E-state index in [9.17, 15) is 4.39 Å². The van der Waals surface area contributed by atoms with Crippen molar-refractivity contribution >= 4 is 0 Å². The Morgan fingerprint density at radius 1 is 1.40 bits per heavy atom. The van der Waals surface area contributed by atoms with E-state index in [0.717, 1.165) is 6.54 Å². The van der Waals surface area contributed by atoms with Gasteiger partial charge in [0.25, 0.3) is 0 Å². The van der Waals surface area contributed by atoms with E-state index in [0.29, 0.717) is 12.0 Å². The normalized spacial score (nSPS) is 14.5. The number of alkyl halides is 1. The average Bonchev–Trinajstić information content (AvgIpc) is 2.18. The minimum atomic E-state index is -1.28. The molecule has 0 heterocycles. The van der Waals surface area contributed by atoms with Crippen LogP contribution in [0, 0.1) is 0 Å². The van der Waals surface area contributed by atoms with Crippen molar-refractivity contribution < 1.29 is 4.39 Å². The molecule has 0 aromatic rings. The lowest BCUT2D eigenvalue weighted by Crippen LogP contribution is -2.26. The van der Waals surface area contributed by atoms with E-state index in [-0.39, 0.29) is 0 Å². The van der Waals surface area contributed by atoms with Gasteiger partial charge in [0, 0.05) is 6.54 Å². The monoisotopic (exact) mass is 213 g/mol. The van der Waals surface area contributed by atoms with Gasteiger partial charge in [-0.1, -0.05) is 18.7 Å². The second-order valence-electron chi connectivity index (χ2n) is 3.78. The van der Waals surface area contributed by atoms with E-state index in [1.165, 1.54) is 0 Å². The molecule has 0 aromatic carbocycles. The van der Waals surface area contributed by atoms with Gasteiger partial charge in [-0.25, -0.2) is 4.39 Å². The summed E-state index contributed by atoms with van der Waals surface area (Å²) in [6.45, 7) is 13.9. The molecule has 0 aliphatic rings. The van der Waals surface area contributed by atoms with Gasteiger partial charge in [-0.05, 0) is 39.9 Å². The SMILES string of the molecule is C=C.C=C(/C=C\C)C(C)(F)CCN(C)C. The van der Waals surface area contributed by atoms with Crippen LogP contribution in [-0.2, 0) is 0 Å². The minimum absolute atomic E-state index is 0.489. The molecule has 0 saturated heterocycles. The molecular weight excluding hydrogens is 189 g/mol. The molecule has 0 aliphatic carbocycles. The van der Waals surface area contributed by atoms with E-state index >= 15 is 0 Å². The maximum Gasteiger partial charge on any atom is 0.133 e. The van der Waals surface area contributed by atoms with Crippen LogP contribution in [0.2, 0.25) is 0 Å². The third kappa shape index (κ3) is 8.13. The zero-order valence-electron chi connectivity index (χ0n) is 10.5. The lowest BCUT2D eigenvalue weighted by atomic mass is 9.95. The standard InChI is InChI=1S/C11H20FN.C2H4/c1-6-7-10(2)11(3,12)8-9-13(4)5;1-2/h6-7H,2,8-9H2,1,3-5H3;1-2H2/b7-6-;. The predicted octanol–water partition coefficient (Wildman–Crippen LogP) is 3.60. The number of halogens is 1. The van der Waals surface area contributed by atoms with Crippen LogP contribution in [0.3, 0.4) is 0 Å². The third-order valence-electron chi connectivity index (χ3n) is 2.07. The number of nitrogens with zero attached hydrogens (tertiary/aromatic N) is 1. The van der Waals surface area contributed by atoms with Gasteiger partial charge in [0.05, 0.1) is 0 Å². The summed E-state index contributed by atoms with van der Waals surface area (Å²) in [6, 6.07) is 0. The summed E-state index contributed by atoms with van der Waals surface area (Å²) in [7, 11) is 3.88. The fraction of sp³-hybridized carbons (Fsp3) is 0.538. The lowest BCUT2D eigenvalue weighted by molar-refractivity contribution is 0.204. The van der Waals surface area contributed by atoms with E-state index in [4.69, 9.17) is 0 Å². The van der Waals surface area contributed by atoms with Crippen molar-refractivity contribution in [2.45, 2.75) is 25.9 Å². The van der Waals surface area contributed by atoms with Crippen molar-refractivity contribution in [2.24, 2.45) is 0 Å². The fourth-order valence-electron chi connectivity index (χ4n) is 0.969. The van der Waals surface area contributed by atoms with Crippen LogP contribution < -0.4 is 0 Å². The Morgan fingerprint density at radius 2 is 1.87 bits per heavy atom. The highest BCUT2D eigenvalue weighted by molar-refractivity contribution is 5.24. The van der Waals surface area contributed by atoms with Crippen LogP contribution in [0.4, 0.5) is 4.39 Å². The highest BCUT2D eigenvalue weighted by atomic mass is 19.1. The summed E-state index contributed by atoms with van der Waals surface area (Å²) in [6.07, 6.45) is 4.04. The Kier molecular flexibility index (Phi) is 9.28. The van der Waals surface area contributed by atoms with Crippen LogP contribution >= 0.6 is 0 Å². The van der Waals surface area contributed by atoms with Crippen molar-refractivity contribution in [3.05, 3.63) is 37.5 Å². The number of rotatable bonds is 5. The van der Waals surface area contributed by atoms with Gasteiger partial charge in [0.1, 0.15) is 5.67 Å². The first-order valence-electron chi connectivity index (χ1n) is 5.06. The van der Waals surface area contributed by atoms with Crippen LogP contribution in [-0.4, -0.2) is 31.2 Å². The van der Waals surface area contributed by atoms with Crippen molar-refractivity contribution in [1.29, 1.82) is 0 Å². The molecule has 1 unspecified atom stereocenters. The van der Waals surface area contributed by atoms with Gasteiger partial charge < -0.3 is 4.90 Å². The second-order valence-corrected chi connectivity index (χ2v) is 3.78. The molecule has 0 bridgehead atoms. The Balaban J connectivity index is 0. The van der Waals surface area contributed by atoms with Crippen molar-refractivity contribution in [2.75, 3.05) is 20.6 Å². The largest absolute Gasteiger partial charge is 0.309 e.